The molecule has 1 N–H and O–H groups in total. The van der Waals surface area contributed by atoms with Crippen LogP contribution in [0.4, 0.5) is 27.6 Å². The predicted molar refractivity (Wildman–Crippen MR) is 76.2 cm³/mol. The average Bonchev–Trinajstić information content (AvgIpc) is 2.88. The maximum Gasteiger partial charge on any atom is 0.416 e. The number of hydrogen-bond donors (Lipinski definition) is 1. The zero-order valence-electron chi connectivity index (χ0n) is 12.6. The number of alkyl halides is 5. The molecule has 23 heavy (non-hydrogen) atoms. The summed E-state index contributed by atoms with van der Waals surface area (Å²) in [4.78, 5) is 11.9. The molecule has 0 atom stereocenters. The van der Waals surface area contributed by atoms with Gasteiger partial charge < -0.3 is 5.32 Å². The standard InChI is InChI=1S/C16H18F5NO/c1-15(17,18)11-7-12(16(19,20)21)9-13(8-11)22-14(23)6-10-4-2-3-5-10/h7-10H,2-6H2,1H3,(H,22,23). The van der Waals surface area contributed by atoms with Gasteiger partial charge in [0, 0.05) is 24.6 Å². The summed E-state index contributed by atoms with van der Waals surface area (Å²) in [6.07, 6.45) is -0.662. The van der Waals surface area contributed by atoms with E-state index in [-0.39, 0.29) is 18.0 Å². The van der Waals surface area contributed by atoms with Crippen LogP contribution in [0.25, 0.3) is 0 Å². The molecule has 1 aliphatic carbocycles. The molecule has 0 bridgehead atoms. The highest BCUT2D eigenvalue weighted by molar-refractivity contribution is 5.91. The van der Waals surface area contributed by atoms with Gasteiger partial charge in [0.15, 0.2) is 0 Å². The van der Waals surface area contributed by atoms with Crippen molar-refractivity contribution in [3.05, 3.63) is 29.3 Å². The molecule has 0 spiro atoms. The van der Waals surface area contributed by atoms with Crippen LogP contribution >= 0.6 is 0 Å². The Balaban J connectivity index is 2.21. The summed E-state index contributed by atoms with van der Waals surface area (Å²) >= 11 is 0. The maximum absolute atomic E-state index is 13.4. The minimum atomic E-state index is -4.76. The zero-order chi connectivity index (χ0) is 17.3. The van der Waals surface area contributed by atoms with Crippen molar-refractivity contribution in [2.45, 2.75) is 51.1 Å². The Labute approximate surface area is 131 Å². The largest absolute Gasteiger partial charge is 0.416 e. The number of halogens is 5. The fraction of sp³-hybridized carbons (Fsp3) is 0.562. The van der Waals surface area contributed by atoms with Gasteiger partial charge in [-0.25, -0.2) is 8.78 Å². The Morgan fingerprint density at radius 1 is 1.09 bits per heavy atom. The molecular formula is C16H18F5NO. The van der Waals surface area contributed by atoms with Crippen molar-refractivity contribution in [2.75, 3.05) is 5.32 Å². The lowest BCUT2D eigenvalue weighted by atomic mass is 10.0. The summed E-state index contributed by atoms with van der Waals surface area (Å²) in [5, 5.41) is 2.32. The second kappa shape index (κ2) is 6.45. The Bertz CT molecular complexity index is 539. The van der Waals surface area contributed by atoms with Crippen LogP contribution in [0.15, 0.2) is 18.2 Å². The van der Waals surface area contributed by atoms with E-state index in [9.17, 15) is 26.7 Å². The van der Waals surface area contributed by atoms with Crippen molar-refractivity contribution in [3.63, 3.8) is 0 Å². The van der Waals surface area contributed by atoms with E-state index < -0.39 is 29.1 Å². The molecule has 1 aliphatic rings. The average molecular weight is 335 g/mol. The topological polar surface area (TPSA) is 29.1 Å². The van der Waals surface area contributed by atoms with E-state index in [1.54, 1.807) is 0 Å². The minimum Gasteiger partial charge on any atom is -0.326 e. The Hall–Kier alpha value is -1.66. The lowest BCUT2D eigenvalue weighted by Crippen LogP contribution is -2.17. The highest BCUT2D eigenvalue weighted by atomic mass is 19.4. The van der Waals surface area contributed by atoms with E-state index in [4.69, 9.17) is 0 Å². The maximum atomic E-state index is 13.4. The van der Waals surface area contributed by atoms with Gasteiger partial charge in [0.1, 0.15) is 0 Å². The molecule has 7 heteroatoms. The van der Waals surface area contributed by atoms with E-state index in [0.29, 0.717) is 19.1 Å². The van der Waals surface area contributed by atoms with Crippen molar-refractivity contribution in [1.82, 2.24) is 0 Å². The Morgan fingerprint density at radius 3 is 2.17 bits per heavy atom. The number of amides is 1. The van der Waals surface area contributed by atoms with Crippen molar-refractivity contribution in [1.29, 1.82) is 0 Å². The molecule has 0 saturated heterocycles. The fourth-order valence-electron chi connectivity index (χ4n) is 2.81. The first-order valence-electron chi connectivity index (χ1n) is 7.46. The molecule has 2 nitrogen and oxygen atoms in total. The number of carbonyl (C=O) groups is 1. The first-order valence-corrected chi connectivity index (χ1v) is 7.46. The minimum absolute atomic E-state index is 0.202. The number of nitrogens with one attached hydrogen (secondary N) is 1. The second-order valence-corrected chi connectivity index (χ2v) is 6.09. The fourth-order valence-corrected chi connectivity index (χ4v) is 2.81. The van der Waals surface area contributed by atoms with Gasteiger partial charge in [0.25, 0.3) is 5.92 Å². The van der Waals surface area contributed by atoms with Crippen LogP contribution in [0.3, 0.4) is 0 Å². The summed E-state index contributed by atoms with van der Waals surface area (Å²) in [6.45, 7) is 0.520. The molecule has 0 aliphatic heterocycles. The number of anilines is 1. The SMILES string of the molecule is CC(F)(F)c1cc(NC(=O)CC2CCCC2)cc(C(F)(F)F)c1. The second-order valence-electron chi connectivity index (χ2n) is 6.09. The lowest BCUT2D eigenvalue weighted by molar-refractivity contribution is -0.137. The first-order chi connectivity index (χ1) is 10.6. The molecular weight excluding hydrogens is 317 g/mol. The zero-order valence-corrected chi connectivity index (χ0v) is 12.6. The van der Waals surface area contributed by atoms with Gasteiger partial charge in [-0.05, 0) is 37.0 Å². The van der Waals surface area contributed by atoms with Crippen molar-refractivity contribution < 1.29 is 26.7 Å². The molecule has 2 rings (SSSR count). The molecule has 1 aromatic carbocycles. The third kappa shape index (κ3) is 4.91. The lowest BCUT2D eigenvalue weighted by Gasteiger charge is -2.17. The van der Waals surface area contributed by atoms with Gasteiger partial charge in [-0.1, -0.05) is 12.8 Å². The molecule has 1 fully saturated rings. The predicted octanol–water partition coefficient (Wildman–Crippen LogP) is 5.34. The van der Waals surface area contributed by atoms with E-state index in [0.717, 1.165) is 31.7 Å². The van der Waals surface area contributed by atoms with Crippen LogP contribution < -0.4 is 5.32 Å². The number of benzene rings is 1. The summed E-state index contributed by atoms with van der Waals surface area (Å²) in [5.41, 5.74) is -2.23. The highest BCUT2D eigenvalue weighted by Gasteiger charge is 2.34. The van der Waals surface area contributed by atoms with Gasteiger partial charge in [-0.15, -0.1) is 0 Å². The van der Waals surface area contributed by atoms with E-state index >= 15 is 0 Å². The summed E-state index contributed by atoms with van der Waals surface area (Å²) in [6, 6.07) is 1.98. The van der Waals surface area contributed by atoms with E-state index in [1.165, 1.54) is 0 Å². The van der Waals surface area contributed by atoms with Gasteiger partial charge in [-0.3, -0.25) is 4.79 Å². The molecule has 1 amide bonds. The smallest absolute Gasteiger partial charge is 0.326 e. The summed E-state index contributed by atoms with van der Waals surface area (Å²) < 4.78 is 65.3. The van der Waals surface area contributed by atoms with Crippen molar-refractivity contribution in [2.24, 2.45) is 5.92 Å². The molecule has 1 saturated carbocycles. The first kappa shape index (κ1) is 17.7. The van der Waals surface area contributed by atoms with E-state index in [2.05, 4.69) is 5.32 Å². The van der Waals surface area contributed by atoms with Crippen molar-refractivity contribution >= 4 is 11.6 Å². The van der Waals surface area contributed by atoms with E-state index in [1.807, 2.05) is 0 Å². The molecule has 1 aromatic rings. The van der Waals surface area contributed by atoms with Crippen LogP contribution in [-0.2, 0) is 16.9 Å². The van der Waals surface area contributed by atoms with Crippen molar-refractivity contribution in [3.8, 4) is 0 Å². The van der Waals surface area contributed by atoms with Gasteiger partial charge in [0.05, 0.1) is 5.56 Å². The number of rotatable bonds is 4. The van der Waals surface area contributed by atoms with Gasteiger partial charge >= 0.3 is 6.18 Å². The number of hydrogen-bond acceptors (Lipinski definition) is 1. The quantitative estimate of drug-likeness (QED) is 0.740. The van der Waals surface area contributed by atoms with Crippen LogP contribution in [0.1, 0.15) is 50.2 Å². The highest BCUT2D eigenvalue weighted by Crippen LogP contribution is 2.37. The normalized spacial score (nSPS) is 16.6. The van der Waals surface area contributed by atoms with Crippen LogP contribution in [0.5, 0.6) is 0 Å². The number of carbonyl (C=O) groups excluding carboxylic acids is 1. The Morgan fingerprint density at radius 2 is 1.65 bits per heavy atom. The Kier molecular flexibility index (Phi) is 4.96. The third-order valence-electron chi connectivity index (χ3n) is 4.00. The monoisotopic (exact) mass is 335 g/mol. The molecule has 0 radical (unpaired) electrons. The van der Waals surface area contributed by atoms with Gasteiger partial charge in [0.2, 0.25) is 5.91 Å². The molecule has 0 aromatic heterocycles. The van der Waals surface area contributed by atoms with Gasteiger partial charge in [-0.2, -0.15) is 13.2 Å². The third-order valence-corrected chi connectivity index (χ3v) is 4.00. The summed E-state index contributed by atoms with van der Waals surface area (Å²) in [5.74, 6) is -3.65. The molecule has 0 heterocycles. The van der Waals surface area contributed by atoms with Crippen LogP contribution in [-0.4, -0.2) is 5.91 Å². The molecule has 128 valence electrons. The molecule has 0 unspecified atom stereocenters. The summed E-state index contributed by atoms with van der Waals surface area (Å²) in [7, 11) is 0. The van der Waals surface area contributed by atoms with Crippen LogP contribution in [0, 0.1) is 5.92 Å². The van der Waals surface area contributed by atoms with Crippen LogP contribution in [0.2, 0.25) is 0 Å².